The van der Waals surface area contributed by atoms with E-state index in [0.29, 0.717) is 61.4 Å². The first-order valence-corrected chi connectivity index (χ1v) is 22.6. The highest BCUT2D eigenvalue weighted by atomic mass is 16.3. The lowest BCUT2D eigenvalue weighted by Gasteiger charge is -2.64. The number of fused-ring (bicyclic) bond motifs is 5. The van der Waals surface area contributed by atoms with E-state index in [0.717, 1.165) is 77.0 Å². The van der Waals surface area contributed by atoms with E-state index in [1.165, 1.54) is 25.7 Å². The Morgan fingerprint density at radius 3 is 2.02 bits per heavy atom. The zero-order valence-corrected chi connectivity index (χ0v) is 35.8. The molecule has 0 aliphatic heterocycles. The predicted molar refractivity (Wildman–Crippen MR) is 229 cm³/mol. The summed E-state index contributed by atoms with van der Waals surface area (Å²) in [5.41, 5.74) is 0.438. The molecule has 0 aromatic carbocycles. The van der Waals surface area contributed by atoms with Crippen LogP contribution in [0.5, 0.6) is 0 Å². The SMILES string of the molecule is CC/C=C\C/C=C\C/C=C\C/C=C\C/C=C\CCCC(=O)N(C)CCNC(=O)CC[C@@H](C)C1CC[C@H]2[C@@H]3[C@H](O)[C@H](CC)[C@@H]4C[C@H](O)CC[C@]4(C)[C@H]3CC[C@]12C. The summed E-state index contributed by atoms with van der Waals surface area (Å²) in [6, 6.07) is 0. The molecule has 3 N–H and O–H groups in total. The van der Waals surface area contributed by atoms with Crippen LogP contribution >= 0.6 is 0 Å². The summed E-state index contributed by atoms with van der Waals surface area (Å²) in [4.78, 5) is 27.3. The molecule has 0 spiro atoms. The average Bonchev–Trinajstić information content (AvgIpc) is 3.53. The van der Waals surface area contributed by atoms with Crippen LogP contribution in [0.15, 0.2) is 60.8 Å². The highest BCUT2D eigenvalue weighted by Gasteiger charge is 2.64. The number of aliphatic hydroxyl groups excluding tert-OH is 2. The topological polar surface area (TPSA) is 89.9 Å². The fourth-order valence-electron chi connectivity index (χ4n) is 12.0. The van der Waals surface area contributed by atoms with Crippen molar-refractivity contribution in [1.82, 2.24) is 10.2 Å². The minimum absolute atomic E-state index is 0.0847. The largest absolute Gasteiger partial charge is 0.393 e. The molecule has 1 unspecified atom stereocenters. The number of hydrogen-bond donors (Lipinski definition) is 3. The van der Waals surface area contributed by atoms with Crippen molar-refractivity contribution in [2.75, 3.05) is 20.1 Å². The maximum atomic E-state index is 12.9. The van der Waals surface area contributed by atoms with Crippen molar-refractivity contribution in [3.63, 3.8) is 0 Å². The van der Waals surface area contributed by atoms with E-state index in [9.17, 15) is 19.8 Å². The molecule has 4 aliphatic rings. The number of nitrogens with zero attached hydrogens (tertiary/aromatic N) is 1. The number of unbranched alkanes of at least 4 members (excludes halogenated alkanes) is 1. The number of allylic oxidation sites excluding steroid dienone is 10. The zero-order valence-electron chi connectivity index (χ0n) is 35.8. The summed E-state index contributed by atoms with van der Waals surface area (Å²) in [6.45, 7) is 12.8. The van der Waals surface area contributed by atoms with Gasteiger partial charge < -0.3 is 20.4 Å². The third-order valence-corrected chi connectivity index (χ3v) is 15.1. The molecule has 310 valence electrons. The molecule has 4 fully saturated rings. The summed E-state index contributed by atoms with van der Waals surface area (Å²) in [6.07, 6.45) is 38.8. The van der Waals surface area contributed by atoms with Crippen LogP contribution in [0.4, 0.5) is 0 Å². The molecule has 6 nitrogen and oxygen atoms in total. The maximum Gasteiger partial charge on any atom is 0.222 e. The highest BCUT2D eigenvalue weighted by molar-refractivity contribution is 5.77. The average molecular weight is 761 g/mol. The highest BCUT2D eigenvalue weighted by Crippen LogP contribution is 2.69. The summed E-state index contributed by atoms with van der Waals surface area (Å²) in [5.74, 6) is 3.42. The van der Waals surface area contributed by atoms with Crippen molar-refractivity contribution in [2.24, 2.45) is 52.3 Å². The van der Waals surface area contributed by atoms with E-state index in [-0.39, 0.29) is 40.8 Å². The van der Waals surface area contributed by atoms with Gasteiger partial charge in [0.25, 0.3) is 0 Å². The number of likely N-dealkylation sites (N-methyl/N-ethyl adjacent to an activating group) is 1. The van der Waals surface area contributed by atoms with Crippen molar-refractivity contribution in [3.8, 4) is 0 Å². The molecule has 0 bridgehead atoms. The summed E-state index contributed by atoms with van der Waals surface area (Å²) >= 11 is 0. The Kier molecular flexibility index (Phi) is 18.5. The van der Waals surface area contributed by atoms with Crippen molar-refractivity contribution >= 4 is 11.8 Å². The Hall–Kier alpha value is -2.44. The van der Waals surface area contributed by atoms with E-state index in [1.807, 2.05) is 7.05 Å². The Morgan fingerprint density at radius 1 is 0.782 bits per heavy atom. The van der Waals surface area contributed by atoms with Gasteiger partial charge in [-0.25, -0.2) is 0 Å². The van der Waals surface area contributed by atoms with Crippen LogP contribution in [0.3, 0.4) is 0 Å². The molecular weight excluding hydrogens is 681 g/mol. The van der Waals surface area contributed by atoms with Gasteiger partial charge in [0.2, 0.25) is 11.8 Å². The molecule has 6 heteroatoms. The van der Waals surface area contributed by atoms with Gasteiger partial charge in [-0.2, -0.15) is 0 Å². The second-order valence-electron chi connectivity index (χ2n) is 18.4. The van der Waals surface area contributed by atoms with Gasteiger partial charge in [0.05, 0.1) is 12.2 Å². The fraction of sp³-hybridized carbons (Fsp3) is 0.755. The van der Waals surface area contributed by atoms with Gasteiger partial charge in [0.15, 0.2) is 0 Å². The third-order valence-electron chi connectivity index (χ3n) is 15.1. The van der Waals surface area contributed by atoms with Crippen LogP contribution in [0.2, 0.25) is 0 Å². The van der Waals surface area contributed by atoms with Gasteiger partial charge in [0.1, 0.15) is 0 Å². The zero-order chi connectivity index (χ0) is 39.8. The molecule has 55 heavy (non-hydrogen) atoms. The lowest BCUT2D eigenvalue weighted by molar-refractivity contribution is -0.203. The number of carbonyl (C=O) groups excluding carboxylic acids is 2. The van der Waals surface area contributed by atoms with Crippen LogP contribution in [0.1, 0.15) is 150 Å². The Balaban J connectivity index is 1.09. The lowest BCUT2D eigenvalue weighted by Crippen LogP contribution is -2.62. The van der Waals surface area contributed by atoms with Crippen LogP contribution < -0.4 is 5.32 Å². The second kappa shape index (κ2) is 22.5. The van der Waals surface area contributed by atoms with Gasteiger partial charge in [-0.05, 0) is 149 Å². The van der Waals surface area contributed by atoms with Gasteiger partial charge in [-0.3, -0.25) is 9.59 Å². The molecule has 2 amide bonds. The van der Waals surface area contributed by atoms with Crippen molar-refractivity contribution in [1.29, 1.82) is 0 Å². The van der Waals surface area contributed by atoms with E-state index < -0.39 is 0 Å². The predicted octanol–water partition coefficient (Wildman–Crippen LogP) is 10.5. The first-order chi connectivity index (χ1) is 26.5. The monoisotopic (exact) mass is 761 g/mol. The fourth-order valence-corrected chi connectivity index (χ4v) is 12.0. The molecule has 4 saturated carbocycles. The molecule has 0 saturated heterocycles. The van der Waals surface area contributed by atoms with E-state index >= 15 is 0 Å². The first kappa shape index (κ1) is 45.3. The number of hydrogen-bond acceptors (Lipinski definition) is 4. The van der Waals surface area contributed by atoms with Gasteiger partial charge in [-0.15, -0.1) is 0 Å². The number of amides is 2. The quantitative estimate of drug-likeness (QED) is 0.0803. The number of carbonyl (C=O) groups is 2. The molecule has 4 aliphatic carbocycles. The Bertz CT molecular complexity index is 1330. The molecule has 0 heterocycles. The van der Waals surface area contributed by atoms with Crippen LogP contribution in [0.25, 0.3) is 0 Å². The number of nitrogens with one attached hydrogen (secondary N) is 1. The van der Waals surface area contributed by atoms with E-state index in [1.54, 1.807) is 4.90 Å². The van der Waals surface area contributed by atoms with Crippen LogP contribution in [0, 0.1) is 52.3 Å². The van der Waals surface area contributed by atoms with E-state index in [2.05, 4.69) is 101 Å². The molecule has 0 radical (unpaired) electrons. The van der Waals surface area contributed by atoms with Crippen LogP contribution in [-0.4, -0.2) is 59.3 Å². The second-order valence-corrected chi connectivity index (χ2v) is 18.4. The minimum Gasteiger partial charge on any atom is -0.393 e. The molecule has 0 aromatic heterocycles. The normalized spacial score (nSPS) is 34.1. The summed E-state index contributed by atoms with van der Waals surface area (Å²) in [7, 11) is 1.84. The van der Waals surface area contributed by atoms with E-state index in [4.69, 9.17) is 0 Å². The summed E-state index contributed by atoms with van der Waals surface area (Å²) in [5, 5.41) is 25.7. The van der Waals surface area contributed by atoms with Crippen molar-refractivity contribution in [2.45, 2.75) is 162 Å². The maximum absolute atomic E-state index is 12.9. The summed E-state index contributed by atoms with van der Waals surface area (Å²) < 4.78 is 0. The molecule has 0 aromatic rings. The van der Waals surface area contributed by atoms with Crippen molar-refractivity contribution < 1.29 is 19.8 Å². The van der Waals surface area contributed by atoms with Crippen LogP contribution in [-0.2, 0) is 9.59 Å². The van der Waals surface area contributed by atoms with Gasteiger partial charge in [0, 0.05) is 33.0 Å². The minimum atomic E-state index is -0.267. The lowest BCUT2D eigenvalue weighted by atomic mass is 9.41. The Labute approximate surface area is 336 Å². The molecular formula is C49H80N2O4. The van der Waals surface area contributed by atoms with Gasteiger partial charge in [-0.1, -0.05) is 102 Å². The third kappa shape index (κ3) is 12.0. The number of rotatable bonds is 21. The Morgan fingerprint density at radius 2 is 1.38 bits per heavy atom. The van der Waals surface area contributed by atoms with Gasteiger partial charge >= 0.3 is 0 Å². The number of aliphatic hydroxyl groups is 2. The van der Waals surface area contributed by atoms with Crippen molar-refractivity contribution in [3.05, 3.63) is 60.8 Å². The molecule has 11 atom stereocenters. The smallest absolute Gasteiger partial charge is 0.222 e. The first-order valence-electron chi connectivity index (χ1n) is 22.6. The standard InChI is InChI=1S/C49H80N2O4/c1-7-9-10-11-12-13-14-15-16-17-18-19-20-21-22-23-24-25-45(54)51(6)35-34-50-44(53)29-26-37(3)40-27-28-41-46-42(31-33-48(40,41)4)49(5)32-30-38(52)36-43(49)39(8-2)47(46)55/h9-10,12-13,15-16,18-19,21-22,37-43,46-47,52,55H,7-8,11,14,17,20,23-36H2,1-6H3,(H,50,53)/b10-9-,13-12-,16-15-,19-18-,22-21-/t37-,38-,39-,40?,41+,42+,43+,46+,47-,48-,49-/m1/s1. The molecule has 4 rings (SSSR count).